The Morgan fingerprint density at radius 2 is 2.37 bits per heavy atom. The molecule has 7 heteroatoms. The minimum absolute atomic E-state index is 0.339. The van der Waals surface area contributed by atoms with Crippen molar-refractivity contribution in [3.05, 3.63) is 29.7 Å². The van der Waals surface area contributed by atoms with Crippen LogP contribution in [-0.4, -0.2) is 31.7 Å². The van der Waals surface area contributed by atoms with Crippen LogP contribution >= 0.6 is 11.3 Å². The van der Waals surface area contributed by atoms with Gasteiger partial charge in [-0.2, -0.15) is 5.10 Å². The number of hydrogen-bond donors (Lipinski definition) is 0. The first-order valence-electron chi connectivity index (χ1n) is 5.82. The fraction of sp³-hybridized carbons (Fsp3) is 0.250. The van der Waals surface area contributed by atoms with Crippen molar-refractivity contribution in [2.75, 3.05) is 6.61 Å². The molecule has 0 unspecified atom stereocenters. The van der Waals surface area contributed by atoms with Crippen molar-refractivity contribution in [2.24, 2.45) is 7.05 Å². The summed E-state index contributed by atoms with van der Waals surface area (Å²) in [5.74, 6) is 0.310. The zero-order valence-electron chi connectivity index (χ0n) is 10.5. The molecule has 3 rings (SSSR count). The molecule has 3 aromatic heterocycles. The number of ether oxygens (including phenoxy) is 1. The summed E-state index contributed by atoms with van der Waals surface area (Å²) in [6.45, 7) is 2.12. The van der Waals surface area contributed by atoms with E-state index in [1.807, 2.05) is 29.2 Å². The molecule has 3 heterocycles. The van der Waals surface area contributed by atoms with Gasteiger partial charge in [0.05, 0.1) is 18.4 Å². The lowest BCUT2D eigenvalue weighted by Gasteiger charge is -1.96. The van der Waals surface area contributed by atoms with Crippen LogP contribution in [0.3, 0.4) is 0 Å². The maximum absolute atomic E-state index is 11.9. The van der Waals surface area contributed by atoms with Crippen LogP contribution < -0.4 is 0 Å². The number of rotatable bonds is 3. The molecule has 3 aromatic rings. The zero-order chi connectivity index (χ0) is 13.4. The van der Waals surface area contributed by atoms with Crippen LogP contribution in [0.5, 0.6) is 0 Å². The van der Waals surface area contributed by atoms with Crippen LogP contribution in [0.4, 0.5) is 0 Å². The Bertz CT molecular complexity index is 740. The number of aryl methyl sites for hydroxylation is 1. The highest BCUT2D eigenvalue weighted by atomic mass is 32.1. The van der Waals surface area contributed by atoms with Crippen molar-refractivity contribution in [3.8, 4) is 11.4 Å². The molecule has 0 aliphatic carbocycles. The number of thiazole rings is 1. The summed E-state index contributed by atoms with van der Waals surface area (Å²) in [7, 11) is 1.84. The van der Waals surface area contributed by atoms with Crippen LogP contribution in [-0.2, 0) is 11.8 Å². The van der Waals surface area contributed by atoms with Crippen LogP contribution in [0, 0.1) is 0 Å². The van der Waals surface area contributed by atoms with Gasteiger partial charge in [0.2, 0.25) is 0 Å². The molecule has 0 saturated carbocycles. The van der Waals surface area contributed by atoms with Gasteiger partial charge in [-0.15, -0.1) is 11.3 Å². The lowest BCUT2D eigenvalue weighted by atomic mass is 10.3. The third-order valence-electron chi connectivity index (χ3n) is 2.69. The van der Waals surface area contributed by atoms with Crippen LogP contribution in [0.25, 0.3) is 16.2 Å². The minimum atomic E-state index is -0.391. The Hall–Kier alpha value is -2.15. The van der Waals surface area contributed by atoms with Crippen molar-refractivity contribution in [1.82, 2.24) is 19.2 Å². The molecular weight excluding hydrogens is 264 g/mol. The largest absolute Gasteiger partial charge is 0.461 e. The summed E-state index contributed by atoms with van der Waals surface area (Å²) in [4.78, 5) is 17.1. The maximum atomic E-state index is 11.9. The van der Waals surface area contributed by atoms with E-state index >= 15 is 0 Å². The van der Waals surface area contributed by atoms with Crippen LogP contribution in [0.1, 0.15) is 17.4 Å². The molecule has 0 atom stereocenters. The summed E-state index contributed by atoms with van der Waals surface area (Å²) in [6.07, 6.45) is 5.47. The van der Waals surface area contributed by atoms with Gasteiger partial charge >= 0.3 is 5.97 Å². The summed E-state index contributed by atoms with van der Waals surface area (Å²) in [5, 5.41) is 6.04. The molecule has 0 bridgehead atoms. The van der Waals surface area contributed by atoms with E-state index in [-0.39, 0.29) is 0 Å². The Labute approximate surface area is 113 Å². The van der Waals surface area contributed by atoms with E-state index in [1.165, 1.54) is 11.3 Å². The van der Waals surface area contributed by atoms with Gasteiger partial charge in [-0.3, -0.25) is 9.08 Å². The SMILES string of the molecule is CCOC(=O)c1nc(-c2cnn(C)c2)n2ccsc12. The van der Waals surface area contributed by atoms with E-state index < -0.39 is 5.97 Å². The van der Waals surface area contributed by atoms with Gasteiger partial charge in [-0.05, 0) is 6.92 Å². The Morgan fingerprint density at radius 1 is 1.53 bits per heavy atom. The fourth-order valence-corrected chi connectivity index (χ4v) is 2.71. The van der Waals surface area contributed by atoms with Gasteiger partial charge in [-0.25, -0.2) is 9.78 Å². The normalized spacial score (nSPS) is 11.1. The van der Waals surface area contributed by atoms with Crippen molar-refractivity contribution in [2.45, 2.75) is 6.92 Å². The average molecular weight is 276 g/mol. The zero-order valence-corrected chi connectivity index (χ0v) is 11.3. The number of fused-ring (bicyclic) bond motifs is 1. The molecular formula is C12H12N4O2S. The van der Waals surface area contributed by atoms with Gasteiger partial charge in [0, 0.05) is 24.8 Å². The lowest BCUT2D eigenvalue weighted by Crippen LogP contribution is -2.05. The van der Waals surface area contributed by atoms with E-state index in [2.05, 4.69) is 10.1 Å². The summed E-state index contributed by atoms with van der Waals surface area (Å²) >= 11 is 1.46. The fourth-order valence-electron chi connectivity index (χ4n) is 1.90. The number of carbonyl (C=O) groups excluding carboxylic acids is 1. The quantitative estimate of drug-likeness (QED) is 0.686. The first kappa shape index (κ1) is 11.9. The van der Waals surface area contributed by atoms with Crippen LogP contribution in [0.15, 0.2) is 24.0 Å². The summed E-state index contributed by atoms with van der Waals surface area (Å²) in [6, 6.07) is 0. The molecule has 19 heavy (non-hydrogen) atoms. The highest BCUT2D eigenvalue weighted by Gasteiger charge is 2.20. The highest BCUT2D eigenvalue weighted by Crippen LogP contribution is 2.26. The maximum Gasteiger partial charge on any atom is 0.360 e. The van der Waals surface area contributed by atoms with Gasteiger partial charge in [-0.1, -0.05) is 0 Å². The molecule has 0 radical (unpaired) electrons. The van der Waals surface area contributed by atoms with Gasteiger partial charge < -0.3 is 4.74 Å². The number of esters is 1. The number of imidazole rings is 1. The molecule has 98 valence electrons. The van der Waals surface area contributed by atoms with E-state index in [1.54, 1.807) is 17.8 Å². The summed E-state index contributed by atoms with van der Waals surface area (Å²) < 4.78 is 8.61. The average Bonchev–Trinajstić information content (AvgIpc) is 3.04. The Balaban J connectivity index is 2.16. The van der Waals surface area contributed by atoms with Gasteiger partial charge in [0.15, 0.2) is 5.69 Å². The topological polar surface area (TPSA) is 61.4 Å². The Morgan fingerprint density at radius 3 is 3.05 bits per heavy atom. The number of nitrogens with zero attached hydrogens (tertiary/aromatic N) is 4. The Kier molecular flexibility index (Phi) is 2.83. The molecule has 0 amide bonds. The molecule has 0 N–H and O–H groups in total. The van der Waals surface area contributed by atoms with Crippen molar-refractivity contribution < 1.29 is 9.53 Å². The first-order valence-corrected chi connectivity index (χ1v) is 6.70. The second-order valence-corrected chi connectivity index (χ2v) is 4.88. The van der Waals surface area contributed by atoms with E-state index in [0.717, 1.165) is 10.4 Å². The number of aromatic nitrogens is 4. The third-order valence-corrected chi connectivity index (χ3v) is 3.56. The first-order chi connectivity index (χ1) is 9.20. The van der Waals surface area contributed by atoms with Crippen molar-refractivity contribution >= 4 is 22.1 Å². The van der Waals surface area contributed by atoms with Crippen LogP contribution in [0.2, 0.25) is 0 Å². The van der Waals surface area contributed by atoms with Gasteiger partial charge in [0.1, 0.15) is 10.7 Å². The van der Waals surface area contributed by atoms with Gasteiger partial charge in [0.25, 0.3) is 0 Å². The van der Waals surface area contributed by atoms with E-state index in [4.69, 9.17) is 4.74 Å². The van der Waals surface area contributed by atoms with E-state index in [9.17, 15) is 4.79 Å². The molecule has 0 aliphatic rings. The molecule has 0 spiro atoms. The molecule has 6 nitrogen and oxygen atoms in total. The molecule has 0 aliphatic heterocycles. The number of carbonyl (C=O) groups is 1. The van der Waals surface area contributed by atoms with E-state index in [0.29, 0.717) is 18.1 Å². The summed E-state index contributed by atoms with van der Waals surface area (Å²) in [5.41, 5.74) is 1.22. The molecule has 0 fully saturated rings. The van der Waals surface area contributed by atoms with Crippen molar-refractivity contribution in [1.29, 1.82) is 0 Å². The molecule has 0 aromatic carbocycles. The minimum Gasteiger partial charge on any atom is -0.461 e. The second kappa shape index (κ2) is 4.51. The molecule has 0 saturated heterocycles. The second-order valence-electron chi connectivity index (χ2n) is 3.99. The smallest absolute Gasteiger partial charge is 0.360 e. The predicted molar refractivity (Wildman–Crippen MR) is 71.2 cm³/mol. The number of hydrogen-bond acceptors (Lipinski definition) is 5. The predicted octanol–water partition coefficient (Wildman–Crippen LogP) is 1.97. The lowest BCUT2D eigenvalue weighted by molar-refractivity contribution is 0.0523. The standard InChI is InChI=1S/C12H12N4O2S/c1-3-18-12(17)9-11-16(4-5-19-11)10(14-9)8-6-13-15(2)7-8/h4-7H,3H2,1-2H3. The third kappa shape index (κ3) is 1.91. The monoisotopic (exact) mass is 276 g/mol. The highest BCUT2D eigenvalue weighted by molar-refractivity contribution is 7.15. The van der Waals surface area contributed by atoms with Crippen molar-refractivity contribution in [3.63, 3.8) is 0 Å².